The van der Waals surface area contributed by atoms with Gasteiger partial charge in [-0.1, -0.05) is 0 Å². The van der Waals surface area contributed by atoms with Gasteiger partial charge >= 0.3 is 0 Å². The highest BCUT2D eigenvalue weighted by Gasteiger charge is 2.16. The number of halogens is 2. The summed E-state index contributed by atoms with van der Waals surface area (Å²) in [5, 5.41) is 3.93. The number of hydrogen-bond acceptors (Lipinski definition) is 4. The Morgan fingerprint density at radius 2 is 2.31 bits per heavy atom. The van der Waals surface area contributed by atoms with Crippen LogP contribution < -0.4 is 0 Å². The maximum absolute atomic E-state index is 12.0. The number of rotatable bonds is 3. The summed E-state index contributed by atoms with van der Waals surface area (Å²) >= 11 is 8.20. The van der Waals surface area contributed by atoms with Gasteiger partial charge in [-0.25, -0.2) is 4.98 Å². The van der Waals surface area contributed by atoms with E-state index in [0.29, 0.717) is 11.4 Å². The average Bonchev–Trinajstić information content (AvgIpc) is 2.74. The number of ketones is 1. The molecule has 0 amide bonds. The number of carbonyl (C=O) groups is 1. The second kappa shape index (κ2) is 4.77. The minimum atomic E-state index is 0.0323. The minimum Gasteiger partial charge on any atom is -0.294 e. The third-order valence-electron chi connectivity index (χ3n) is 2.08. The number of Topliss-reactive ketones (excluding diaryl/α,β-unsaturated/α-hetero) is 1. The van der Waals surface area contributed by atoms with Crippen LogP contribution in [-0.4, -0.2) is 20.5 Å². The first-order valence-corrected chi connectivity index (χ1v) is 6.79. The van der Waals surface area contributed by atoms with Crippen LogP contribution in [0.5, 0.6) is 0 Å². The van der Waals surface area contributed by atoms with Crippen molar-refractivity contribution in [3.63, 3.8) is 0 Å². The lowest BCUT2D eigenvalue weighted by Gasteiger charge is -1.98. The lowest BCUT2D eigenvalue weighted by molar-refractivity contribution is 0.0989. The van der Waals surface area contributed by atoms with Crippen molar-refractivity contribution >= 4 is 49.0 Å². The predicted octanol–water partition coefficient (Wildman–Crippen LogP) is 2.83. The first-order valence-electron chi connectivity index (χ1n) is 4.39. The Hall–Kier alpha value is -0.530. The van der Waals surface area contributed by atoms with E-state index in [1.807, 2.05) is 6.07 Å². The molecule has 2 aromatic rings. The number of nitrogens with zero attached hydrogens (tertiary/aromatic N) is 3. The number of thiophene rings is 1. The highest BCUT2D eigenvalue weighted by atomic mass is 79.9. The van der Waals surface area contributed by atoms with E-state index in [4.69, 9.17) is 0 Å². The molecular weight excluding hydrogens is 358 g/mol. The fourth-order valence-corrected chi connectivity index (χ4v) is 4.11. The van der Waals surface area contributed by atoms with E-state index in [0.717, 1.165) is 7.57 Å². The number of hydrogen-bond donors (Lipinski definition) is 0. The Labute approximate surface area is 113 Å². The van der Waals surface area contributed by atoms with Crippen LogP contribution in [-0.2, 0) is 13.5 Å². The zero-order valence-corrected chi connectivity index (χ0v) is 12.3. The van der Waals surface area contributed by atoms with Crippen LogP contribution in [0, 0.1) is 0 Å². The molecule has 2 rings (SSSR count). The van der Waals surface area contributed by atoms with Gasteiger partial charge in [-0.3, -0.25) is 9.48 Å². The second-order valence-corrected chi connectivity index (χ2v) is 6.89. The fourth-order valence-electron chi connectivity index (χ4n) is 1.25. The predicted molar refractivity (Wildman–Crippen MR) is 68.8 cm³/mol. The normalized spacial score (nSPS) is 10.7. The average molecular weight is 365 g/mol. The smallest absolute Gasteiger partial charge is 0.172 e. The first kappa shape index (κ1) is 11.9. The molecule has 0 unspecified atom stereocenters. The SMILES string of the molecule is Cn1ncnc1CC(=O)c1cc(Br)sc1Br. The van der Waals surface area contributed by atoms with Crippen molar-refractivity contribution in [3.8, 4) is 0 Å². The van der Waals surface area contributed by atoms with E-state index in [9.17, 15) is 4.79 Å². The van der Waals surface area contributed by atoms with Gasteiger partial charge in [0, 0.05) is 12.6 Å². The third kappa shape index (κ3) is 2.41. The molecule has 0 N–H and O–H groups in total. The van der Waals surface area contributed by atoms with Crippen molar-refractivity contribution in [2.45, 2.75) is 6.42 Å². The van der Waals surface area contributed by atoms with E-state index in [2.05, 4.69) is 41.9 Å². The van der Waals surface area contributed by atoms with Crippen molar-refractivity contribution in [1.29, 1.82) is 0 Å². The maximum Gasteiger partial charge on any atom is 0.172 e. The molecule has 0 atom stereocenters. The minimum absolute atomic E-state index is 0.0323. The third-order valence-corrected chi connectivity index (χ3v) is 4.42. The molecule has 0 bridgehead atoms. The Morgan fingerprint density at radius 1 is 1.56 bits per heavy atom. The van der Waals surface area contributed by atoms with Crippen LogP contribution in [0.3, 0.4) is 0 Å². The first-order chi connectivity index (χ1) is 7.58. The molecule has 0 saturated heterocycles. The maximum atomic E-state index is 12.0. The van der Waals surface area contributed by atoms with E-state index in [1.54, 1.807) is 11.7 Å². The fraction of sp³-hybridized carbons (Fsp3) is 0.222. The molecule has 0 aliphatic heterocycles. The Morgan fingerprint density at radius 3 is 2.81 bits per heavy atom. The zero-order valence-electron chi connectivity index (χ0n) is 8.28. The van der Waals surface area contributed by atoms with Gasteiger partial charge in [0.1, 0.15) is 12.2 Å². The highest BCUT2D eigenvalue weighted by Crippen LogP contribution is 2.32. The summed E-state index contributed by atoms with van der Waals surface area (Å²) < 4.78 is 3.37. The van der Waals surface area contributed by atoms with Crippen LogP contribution in [0.1, 0.15) is 16.2 Å². The summed E-state index contributed by atoms with van der Waals surface area (Å²) in [6, 6.07) is 1.81. The van der Waals surface area contributed by atoms with E-state index in [-0.39, 0.29) is 12.2 Å². The topological polar surface area (TPSA) is 47.8 Å². The van der Waals surface area contributed by atoms with E-state index < -0.39 is 0 Å². The molecular formula is C9H7Br2N3OS. The van der Waals surface area contributed by atoms with Crippen molar-refractivity contribution in [2.75, 3.05) is 0 Å². The van der Waals surface area contributed by atoms with Crippen LogP contribution in [0.4, 0.5) is 0 Å². The van der Waals surface area contributed by atoms with E-state index in [1.165, 1.54) is 17.7 Å². The molecule has 0 fully saturated rings. The van der Waals surface area contributed by atoms with Crippen LogP contribution in [0.15, 0.2) is 20.0 Å². The largest absolute Gasteiger partial charge is 0.294 e. The Kier molecular flexibility index (Phi) is 3.56. The monoisotopic (exact) mass is 363 g/mol. The summed E-state index contributed by atoms with van der Waals surface area (Å²) in [4.78, 5) is 16.0. The summed E-state index contributed by atoms with van der Waals surface area (Å²) in [5.74, 6) is 0.698. The van der Waals surface area contributed by atoms with Gasteiger partial charge in [-0.15, -0.1) is 11.3 Å². The molecule has 0 aromatic carbocycles. The molecule has 0 aliphatic rings. The van der Waals surface area contributed by atoms with Crippen LogP contribution in [0.25, 0.3) is 0 Å². The summed E-state index contributed by atoms with van der Waals surface area (Å²) in [7, 11) is 1.77. The molecule has 7 heteroatoms. The van der Waals surface area contributed by atoms with Gasteiger partial charge in [-0.05, 0) is 37.9 Å². The molecule has 4 nitrogen and oxygen atoms in total. The van der Waals surface area contributed by atoms with Crippen molar-refractivity contribution in [3.05, 3.63) is 31.4 Å². The summed E-state index contributed by atoms with van der Waals surface area (Å²) in [6.07, 6.45) is 1.71. The molecule has 2 heterocycles. The lowest BCUT2D eigenvalue weighted by atomic mass is 10.1. The molecule has 0 spiro atoms. The van der Waals surface area contributed by atoms with Crippen LogP contribution in [0.2, 0.25) is 0 Å². The molecule has 0 saturated carbocycles. The second-order valence-electron chi connectivity index (χ2n) is 3.14. The molecule has 2 aromatic heterocycles. The highest BCUT2D eigenvalue weighted by molar-refractivity contribution is 9.12. The van der Waals surface area contributed by atoms with Gasteiger partial charge in [0.15, 0.2) is 5.78 Å². The molecule has 84 valence electrons. The van der Waals surface area contributed by atoms with Crippen LogP contribution >= 0.6 is 43.2 Å². The quantitative estimate of drug-likeness (QED) is 0.787. The van der Waals surface area contributed by atoms with Gasteiger partial charge < -0.3 is 0 Å². The lowest BCUT2D eigenvalue weighted by Crippen LogP contribution is -2.08. The van der Waals surface area contributed by atoms with E-state index >= 15 is 0 Å². The van der Waals surface area contributed by atoms with Crippen molar-refractivity contribution in [2.24, 2.45) is 7.05 Å². The van der Waals surface area contributed by atoms with Gasteiger partial charge in [0.25, 0.3) is 0 Å². The van der Waals surface area contributed by atoms with Gasteiger partial charge in [-0.2, -0.15) is 5.10 Å². The number of aryl methyl sites for hydroxylation is 1. The molecule has 0 aliphatic carbocycles. The Bertz CT molecular complexity index is 535. The summed E-state index contributed by atoms with van der Waals surface area (Å²) in [5.41, 5.74) is 0.680. The van der Waals surface area contributed by atoms with Crippen molar-refractivity contribution < 1.29 is 4.79 Å². The standard InChI is InChI=1S/C9H7Br2N3OS/c1-14-8(12-4-13-14)3-6(15)5-2-7(10)16-9(5)11/h2,4H,3H2,1H3. The summed E-state index contributed by atoms with van der Waals surface area (Å²) in [6.45, 7) is 0. The van der Waals surface area contributed by atoms with Crippen molar-refractivity contribution in [1.82, 2.24) is 14.8 Å². The molecule has 16 heavy (non-hydrogen) atoms. The van der Waals surface area contributed by atoms with Gasteiger partial charge in [0.05, 0.1) is 14.0 Å². The number of carbonyl (C=O) groups excluding carboxylic acids is 1. The Balaban J connectivity index is 2.21. The van der Waals surface area contributed by atoms with Gasteiger partial charge in [0.2, 0.25) is 0 Å². The number of aromatic nitrogens is 3. The zero-order chi connectivity index (χ0) is 11.7. The molecule has 0 radical (unpaired) electrons.